The summed E-state index contributed by atoms with van der Waals surface area (Å²) in [7, 11) is 1.65. The Morgan fingerprint density at radius 3 is 2.70 bits per heavy atom. The third kappa shape index (κ3) is 2.86. The van der Waals surface area contributed by atoms with Gasteiger partial charge in [-0.05, 0) is 13.8 Å². The van der Waals surface area contributed by atoms with Crippen LogP contribution in [-0.2, 0) is 22.4 Å². The average molecular weight is 303 g/mol. The van der Waals surface area contributed by atoms with Crippen LogP contribution in [0.25, 0.3) is 0 Å². The van der Waals surface area contributed by atoms with E-state index in [-0.39, 0.29) is 0 Å². The summed E-state index contributed by atoms with van der Waals surface area (Å²) in [5, 5.41) is 15.7. The van der Waals surface area contributed by atoms with Crippen molar-refractivity contribution in [2.24, 2.45) is 0 Å². The average Bonchev–Trinajstić information content (AvgIpc) is 2.75. The number of nitrogens with zero attached hydrogens (tertiary/aromatic N) is 2. The van der Waals surface area contributed by atoms with E-state index < -0.39 is 11.7 Å². The molecule has 0 saturated carbocycles. The van der Waals surface area contributed by atoms with E-state index in [1.165, 1.54) is 0 Å². The first-order valence-electron chi connectivity index (χ1n) is 7.07. The van der Waals surface area contributed by atoms with E-state index in [0.29, 0.717) is 37.5 Å². The molecule has 5 nitrogen and oxygen atoms in total. The van der Waals surface area contributed by atoms with E-state index in [9.17, 15) is 5.11 Å². The van der Waals surface area contributed by atoms with Crippen LogP contribution in [0.5, 0.6) is 0 Å². The molecule has 2 rings (SSSR count). The third-order valence-corrected chi connectivity index (χ3v) is 4.68. The Balaban J connectivity index is 2.20. The molecule has 0 aliphatic carbocycles. The first kappa shape index (κ1) is 15.8. The van der Waals surface area contributed by atoms with Crippen molar-refractivity contribution in [3.05, 3.63) is 16.4 Å². The molecule has 1 saturated heterocycles. The van der Waals surface area contributed by atoms with Crippen molar-refractivity contribution in [2.45, 2.75) is 51.4 Å². The minimum Gasteiger partial charge on any atom is -0.390 e. The molecule has 1 unspecified atom stereocenters. The second kappa shape index (κ2) is 6.43. The fourth-order valence-corrected chi connectivity index (χ4v) is 3.04. The molecule has 0 amide bonds. The van der Waals surface area contributed by atoms with Gasteiger partial charge in [-0.3, -0.25) is 4.68 Å². The maximum Gasteiger partial charge on any atom is 0.0983 e. The summed E-state index contributed by atoms with van der Waals surface area (Å²) in [5.74, 6) is 0. The number of halogens is 1. The van der Waals surface area contributed by atoms with E-state index in [1.54, 1.807) is 7.11 Å². The van der Waals surface area contributed by atoms with Crippen molar-refractivity contribution in [1.82, 2.24) is 9.78 Å². The Kier molecular flexibility index (Phi) is 5.07. The number of aromatic nitrogens is 2. The molecule has 1 atom stereocenters. The van der Waals surface area contributed by atoms with Gasteiger partial charge in [-0.1, -0.05) is 11.6 Å². The van der Waals surface area contributed by atoms with Crippen LogP contribution in [-0.4, -0.2) is 46.9 Å². The molecule has 2 heterocycles. The molecule has 1 N–H and O–H groups in total. The third-order valence-electron chi connectivity index (χ3n) is 4.19. The summed E-state index contributed by atoms with van der Waals surface area (Å²) in [6.07, 6.45) is 1.22. The lowest BCUT2D eigenvalue weighted by molar-refractivity contribution is -0.151. The van der Waals surface area contributed by atoms with Gasteiger partial charge in [-0.25, -0.2) is 0 Å². The lowest BCUT2D eigenvalue weighted by Crippen LogP contribution is -2.49. The van der Waals surface area contributed by atoms with Gasteiger partial charge >= 0.3 is 0 Å². The molecule has 1 aliphatic rings. The van der Waals surface area contributed by atoms with Crippen LogP contribution >= 0.6 is 11.6 Å². The molecule has 1 aliphatic heterocycles. The Morgan fingerprint density at radius 1 is 1.50 bits per heavy atom. The van der Waals surface area contributed by atoms with E-state index in [1.807, 2.05) is 18.5 Å². The Bertz CT molecular complexity index is 456. The molecular weight excluding hydrogens is 280 g/mol. The second-order valence-corrected chi connectivity index (χ2v) is 5.64. The van der Waals surface area contributed by atoms with Crippen molar-refractivity contribution in [3.63, 3.8) is 0 Å². The van der Waals surface area contributed by atoms with Gasteiger partial charge in [-0.15, -0.1) is 0 Å². The number of ether oxygens (including phenoxy) is 2. The van der Waals surface area contributed by atoms with Gasteiger partial charge in [0.1, 0.15) is 0 Å². The topological polar surface area (TPSA) is 56.5 Å². The number of rotatable bonds is 5. The van der Waals surface area contributed by atoms with Gasteiger partial charge in [-0.2, -0.15) is 5.10 Å². The summed E-state index contributed by atoms with van der Waals surface area (Å²) in [5.41, 5.74) is 1.13. The Labute approximate surface area is 124 Å². The van der Waals surface area contributed by atoms with Crippen molar-refractivity contribution in [3.8, 4) is 0 Å². The van der Waals surface area contributed by atoms with Gasteiger partial charge < -0.3 is 14.6 Å². The van der Waals surface area contributed by atoms with Gasteiger partial charge in [0.2, 0.25) is 0 Å². The number of aliphatic hydroxyl groups excluding tert-OH is 1. The van der Waals surface area contributed by atoms with Crippen molar-refractivity contribution < 1.29 is 14.6 Å². The van der Waals surface area contributed by atoms with Crippen LogP contribution in [0.4, 0.5) is 0 Å². The van der Waals surface area contributed by atoms with E-state index in [4.69, 9.17) is 21.1 Å². The standard InChI is InChI=1S/C14H23ClN2O3/c1-4-17-11(13(15)10(2)16-17)9-12(18)14(19-3)5-7-20-8-6-14/h12,18H,4-9H2,1-3H3. The molecule has 1 aromatic rings. The molecule has 1 aromatic heterocycles. The predicted octanol–water partition coefficient (Wildman–Crippen LogP) is 1.96. The highest BCUT2D eigenvalue weighted by Gasteiger charge is 2.40. The van der Waals surface area contributed by atoms with Crippen LogP contribution in [0.3, 0.4) is 0 Å². The number of methoxy groups -OCH3 is 1. The molecular formula is C14H23ClN2O3. The molecule has 0 radical (unpaired) electrons. The van der Waals surface area contributed by atoms with Crippen molar-refractivity contribution >= 4 is 11.6 Å². The monoisotopic (exact) mass is 302 g/mol. The maximum absolute atomic E-state index is 10.7. The number of hydrogen-bond donors (Lipinski definition) is 1. The van der Waals surface area contributed by atoms with Gasteiger partial charge in [0, 0.05) is 46.1 Å². The fourth-order valence-electron chi connectivity index (χ4n) is 2.82. The summed E-state index contributed by atoms with van der Waals surface area (Å²) in [6.45, 7) is 5.86. The molecule has 0 bridgehead atoms. The zero-order chi connectivity index (χ0) is 14.8. The highest BCUT2D eigenvalue weighted by atomic mass is 35.5. The van der Waals surface area contributed by atoms with Crippen molar-refractivity contribution in [2.75, 3.05) is 20.3 Å². The van der Waals surface area contributed by atoms with Crippen LogP contribution in [0.2, 0.25) is 5.02 Å². The van der Waals surface area contributed by atoms with Crippen LogP contribution < -0.4 is 0 Å². The fraction of sp³-hybridized carbons (Fsp3) is 0.786. The SMILES string of the molecule is CCn1nc(C)c(Cl)c1CC(O)C1(OC)CCOCC1. The van der Waals surface area contributed by atoms with Gasteiger partial charge in [0.15, 0.2) is 0 Å². The Hall–Kier alpha value is -0.620. The lowest BCUT2D eigenvalue weighted by Gasteiger charge is -2.39. The molecule has 1 fully saturated rings. The minimum absolute atomic E-state index is 0.446. The summed E-state index contributed by atoms with van der Waals surface area (Å²) in [6, 6.07) is 0. The first-order chi connectivity index (χ1) is 9.54. The summed E-state index contributed by atoms with van der Waals surface area (Å²) < 4.78 is 12.8. The van der Waals surface area contributed by atoms with E-state index in [2.05, 4.69) is 5.10 Å². The predicted molar refractivity (Wildman–Crippen MR) is 77.2 cm³/mol. The second-order valence-electron chi connectivity index (χ2n) is 5.26. The zero-order valence-corrected chi connectivity index (χ0v) is 13.1. The van der Waals surface area contributed by atoms with E-state index >= 15 is 0 Å². The quantitative estimate of drug-likeness (QED) is 0.903. The van der Waals surface area contributed by atoms with Gasteiger partial charge in [0.25, 0.3) is 0 Å². The number of aliphatic hydroxyl groups is 1. The molecule has 114 valence electrons. The highest BCUT2D eigenvalue weighted by Crippen LogP contribution is 2.32. The Morgan fingerprint density at radius 2 is 2.15 bits per heavy atom. The number of hydrogen-bond acceptors (Lipinski definition) is 4. The molecule has 0 aromatic carbocycles. The lowest BCUT2D eigenvalue weighted by atomic mass is 9.85. The van der Waals surface area contributed by atoms with E-state index in [0.717, 1.165) is 17.9 Å². The van der Waals surface area contributed by atoms with Crippen molar-refractivity contribution in [1.29, 1.82) is 0 Å². The first-order valence-corrected chi connectivity index (χ1v) is 7.44. The smallest absolute Gasteiger partial charge is 0.0983 e. The van der Waals surface area contributed by atoms with Crippen LogP contribution in [0.15, 0.2) is 0 Å². The molecule has 0 spiro atoms. The normalized spacial score (nSPS) is 20.1. The summed E-state index contributed by atoms with van der Waals surface area (Å²) in [4.78, 5) is 0. The van der Waals surface area contributed by atoms with Crippen LogP contribution in [0, 0.1) is 6.92 Å². The zero-order valence-electron chi connectivity index (χ0n) is 12.4. The molecule has 20 heavy (non-hydrogen) atoms. The highest BCUT2D eigenvalue weighted by molar-refractivity contribution is 6.31. The number of aryl methyl sites for hydroxylation is 2. The molecule has 6 heteroatoms. The maximum atomic E-state index is 10.7. The summed E-state index contributed by atoms with van der Waals surface area (Å²) >= 11 is 6.30. The van der Waals surface area contributed by atoms with Gasteiger partial charge in [0.05, 0.1) is 28.1 Å². The minimum atomic E-state index is -0.615. The van der Waals surface area contributed by atoms with Crippen LogP contribution in [0.1, 0.15) is 31.2 Å². The largest absolute Gasteiger partial charge is 0.390 e.